The van der Waals surface area contributed by atoms with E-state index in [4.69, 9.17) is 0 Å². The molecule has 21 heavy (non-hydrogen) atoms. The van der Waals surface area contributed by atoms with Crippen molar-refractivity contribution >= 4 is 22.6 Å². The zero-order chi connectivity index (χ0) is 14.3. The summed E-state index contributed by atoms with van der Waals surface area (Å²) in [5.74, 6) is 0.961. The fourth-order valence-electron chi connectivity index (χ4n) is 4.31. The largest absolute Gasteiger partial charge is 0.311 e. The van der Waals surface area contributed by atoms with E-state index in [-0.39, 0.29) is 0 Å². The molecular formula is C18H25IN2. The molecule has 3 heteroatoms. The van der Waals surface area contributed by atoms with Crippen molar-refractivity contribution in [2.75, 3.05) is 13.1 Å². The van der Waals surface area contributed by atoms with Gasteiger partial charge in [0.1, 0.15) is 0 Å². The third kappa shape index (κ3) is 3.02. The van der Waals surface area contributed by atoms with E-state index in [2.05, 4.69) is 57.1 Å². The smallest absolute Gasteiger partial charge is 0.0338 e. The van der Waals surface area contributed by atoms with Gasteiger partial charge in [-0.15, -0.1) is 0 Å². The fraction of sp³-hybridized carbons (Fsp3) is 0.667. The van der Waals surface area contributed by atoms with Crippen molar-refractivity contribution in [3.8, 4) is 0 Å². The molecule has 1 aliphatic heterocycles. The zero-order valence-corrected chi connectivity index (χ0v) is 14.8. The molecule has 1 N–H and O–H groups in total. The summed E-state index contributed by atoms with van der Waals surface area (Å²) in [6.45, 7) is 3.62. The standard InChI is InChI=1S/C18H25IN2/c19-16-7-3-14(4-8-16)11-21-12-17(15-5-6-15)20-13-18(21)9-1-2-10-18/h3-4,7-8,15,17,20H,1-2,5-6,9-13H2. The second kappa shape index (κ2) is 5.82. The highest BCUT2D eigenvalue weighted by atomic mass is 127. The van der Waals surface area contributed by atoms with Gasteiger partial charge in [0, 0.05) is 34.8 Å². The molecule has 0 amide bonds. The normalized spacial score (nSPS) is 29.1. The lowest BCUT2D eigenvalue weighted by molar-refractivity contribution is 0.0311. The minimum atomic E-state index is 0.453. The SMILES string of the molecule is Ic1ccc(CN2CC(C3CC3)NCC23CCCC3)cc1. The molecule has 1 unspecified atom stereocenters. The first-order valence-electron chi connectivity index (χ1n) is 8.48. The van der Waals surface area contributed by atoms with Crippen molar-refractivity contribution in [3.63, 3.8) is 0 Å². The van der Waals surface area contributed by atoms with Crippen LogP contribution in [-0.4, -0.2) is 29.6 Å². The molecule has 114 valence electrons. The molecule has 0 bridgehead atoms. The lowest BCUT2D eigenvalue weighted by Gasteiger charge is -2.48. The number of nitrogens with zero attached hydrogens (tertiary/aromatic N) is 1. The topological polar surface area (TPSA) is 15.3 Å². The van der Waals surface area contributed by atoms with Gasteiger partial charge < -0.3 is 5.32 Å². The Morgan fingerprint density at radius 1 is 1.14 bits per heavy atom. The van der Waals surface area contributed by atoms with Crippen molar-refractivity contribution in [1.82, 2.24) is 10.2 Å². The number of piperazine rings is 1. The van der Waals surface area contributed by atoms with Crippen LogP contribution in [0.25, 0.3) is 0 Å². The van der Waals surface area contributed by atoms with Gasteiger partial charge in [-0.3, -0.25) is 4.90 Å². The molecule has 1 aromatic rings. The molecule has 2 aliphatic carbocycles. The van der Waals surface area contributed by atoms with E-state index in [0.29, 0.717) is 5.54 Å². The Bertz CT molecular complexity index is 488. The summed E-state index contributed by atoms with van der Waals surface area (Å²) in [6, 6.07) is 9.88. The van der Waals surface area contributed by atoms with E-state index in [1.165, 1.54) is 60.7 Å². The van der Waals surface area contributed by atoms with Crippen molar-refractivity contribution < 1.29 is 0 Å². The van der Waals surface area contributed by atoms with Gasteiger partial charge in [0.15, 0.2) is 0 Å². The Morgan fingerprint density at radius 3 is 2.52 bits per heavy atom. The molecule has 0 aromatic heterocycles. The Hall–Kier alpha value is -0.130. The minimum absolute atomic E-state index is 0.453. The molecule has 2 nitrogen and oxygen atoms in total. The highest BCUT2D eigenvalue weighted by Gasteiger charge is 2.46. The first-order chi connectivity index (χ1) is 10.3. The molecule has 0 radical (unpaired) electrons. The Morgan fingerprint density at radius 2 is 1.86 bits per heavy atom. The molecule has 2 saturated carbocycles. The van der Waals surface area contributed by atoms with Crippen LogP contribution in [0.1, 0.15) is 44.1 Å². The molecular weight excluding hydrogens is 371 g/mol. The third-order valence-corrected chi connectivity index (χ3v) is 6.51. The Balaban J connectivity index is 1.53. The maximum Gasteiger partial charge on any atom is 0.0338 e. The maximum atomic E-state index is 3.90. The minimum Gasteiger partial charge on any atom is -0.311 e. The Kier molecular flexibility index (Phi) is 4.01. The molecule has 4 rings (SSSR count). The van der Waals surface area contributed by atoms with Gasteiger partial charge in [0.25, 0.3) is 0 Å². The number of benzene rings is 1. The van der Waals surface area contributed by atoms with Crippen LogP contribution >= 0.6 is 22.6 Å². The maximum absolute atomic E-state index is 3.90. The van der Waals surface area contributed by atoms with Gasteiger partial charge in [0.05, 0.1) is 0 Å². The number of hydrogen-bond acceptors (Lipinski definition) is 2. The van der Waals surface area contributed by atoms with Gasteiger partial charge in [-0.25, -0.2) is 0 Å². The summed E-state index contributed by atoms with van der Waals surface area (Å²) in [5.41, 5.74) is 1.94. The van der Waals surface area contributed by atoms with Crippen molar-refractivity contribution in [1.29, 1.82) is 0 Å². The van der Waals surface area contributed by atoms with Crippen LogP contribution in [0.15, 0.2) is 24.3 Å². The summed E-state index contributed by atoms with van der Waals surface area (Å²) >= 11 is 2.40. The predicted molar refractivity (Wildman–Crippen MR) is 95.3 cm³/mol. The molecule has 1 atom stereocenters. The van der Waals surface area contributed by atoms with Crippen molar-refractivity contribution in [2.24, 2.45) is 5.92 Å². The predicted octanol–water partition coefficient (Wildman–Crippen LogP) is 3.79. The lowest BCUT2D eigenvalue weighted by atomic mass is 9.89. The summed E-state index contributed by atoms with van der Waals surface area (Å²) < 4.78 is 1.34. The van der Waals surface area contributed by atoms with Crippen LogP contribution in [0.5, 0.6) is 0 Å². The lowest BCUT2D eigenvalue weighted by Crippen LogP contribution is -2.63. The second-order valence-electron chi connectivity index (χ2n) is 7.26. The van der Waals surface area contributed by atoms with Crippen LogP contribution in [0.3, 0.4) is 0 Å². The van der Waals surface area contributed by atoms with Crippen LogP contribution in [0.2, 0.25) is 0 Å². The highest BCUT2D eigenvalue weighted by Crippen LogP contribution is 2.41. The molecule has 1 heterocycles. The van der Waals surface area contributed by atoms with E-state index in [0.717, 1.165) is 18.5 Å². The molecule has 1 aromatic carbocycles. The van der Waals surface area contributed by atoms with Gasteiger partial charge in [-0.05, 0) is 71.9 Å². The fourth-order valence-corrected chi connectivity index (χ4v) is 4.67. The molecule has 1 saturated heterocycles. The zero-order valence-electron chi connectivity index (χ0n) is 12.7. The molecule has 3 fully saturated rings. The number of rotatable bonds is 3. The van der Waals surface area contributed by atoms with Crippen molar-refractivity contribution in [3.05, 3.63) is 33.4 Å². The highest BCUT2D eigenvalue weighted by molar-refractivity contribution is 14.1. The van der Waals surface area contributed by atoms with E-state index in [9.17, 15) is 0 Å². The number of halogens is 1. The van der Waals surface area contributed by atoms with Crippen LogP contribution in [0, 0.1) is 9.49 Å². The van der Waals surface area contributed by atoms with Crippen LogP contribution in [-0.2, 0) is 6.54 Å². The average molecular weight is 396 g/mol. The van der Waals surface area contributed by atoms with Gasteiger partial charge in [-0.1, -0.05) is 25.0 Å². The van der Waals surface area contributed by atoms with Gasteiger partial charge in [-0.2, -0.15) is 0 Å². The van der Waals surface area contributed by atoms with E-state index in [1.807, 2.05) is 0 Å². The quantitative estimate of drug-likeness (QED) is 0.783. The average Bonchev–Trinajstić information content (AvgIpc) is 3.24. The van der Waals surface area contributed by atoms with E-state index < -0.39 is 0 Å². The first-order valence-corrected chi connectivity index (χ1v) is 9.56. The number of nitrogens with one attached hydrogen (secondary N) is 1. The van der Waals surface area contributed by atoms with Gasteiger partial charge in [0.2, 0.25) is 0 Å². The van der Waals surface area contributed by atoms with Gasteiger partial charge >= 0.3 is 0 Å². The first kappa shape index (κ1) is 14.5. The second-order valence-corrected chi connectivity index (χ2v) is 8.51. The van der Waals surface area contributed by atoms with E-state index in [1.54, 1.807) is 0 Å². The van der Waals surface area contributed by atoms with Crippen molar-refractivity contribution in [2.45, 2.75) is 56.7 Å². The summed E-state index contributed by atoms with van der Waals surface area (Å²) in [6.07, 6.45) is 8.51. The molecule has 1 spiro atoms. The number of hydrogen-bond donors (Lipinski definition) is 1. The van der Waals surface area contributed by atoms with E-state index >= 15 is 0 Å². The summed E-state index contributed by atoms with van der Waals surface area (Å²) in [7, 11) is 0. The van der Waals surface area contributed by atoms with Crippen LogP contribution in [0.4, 0.5) is 0 Å². The monoisotopic (exact) mass is 396 g/mol. The Labute approximate surface area is 141 Å². The summed E-state index contributed by atoms with van der Waals surface area (Å²) in [5, 5.41) is 3.90. The summed E-state index contributed by atoms with van der Waals surface area (Å²) in [4.78, 5) is 2.84. The molecule has 3 aliphatic rings. The third-order valence-electron chi connectivity index (χ3n) is 5.79. The van der Waals surface area contributed by atoms with Crippen LogP contribution < -0.4 is 5.32 Å².